The molecular formula is C14H19N3O2. The lowest BCUT2D eigenvalue weighted by atomic mass is 10.1. The summed E-state index contributed by atoms with van der Waals surface area (Å²) in [5.74, 6) is 1.61. The first-order chi connectivity index (χ1) is 9.19. The summed E-state index contributed by atoms with van der Waals surface area (Å²) in [7, 11) is 3.31. The minimum Gasteiger partial charge on any atom is -0.496 e. The molecule has 0 atom stereocenters. The van der Waals surface area contributed by atoms with Crippen LogP contribution in [-0.2, 0) is 6.54 Å². The van der Waals surface area contributed by atoms with Crippen LogP contribution in [0, 0.1) is 6.92 Å². The molecule has 2 rings (SSSR count). The first-order valence-electron chi connectivity index (χ1n) is 6.14. The van der Waals surface area contributed by atoms with Gasteiger partial charge in [-0.25, -0.2) is 4.98 Å². The highest BCUT2D eigenvalue weighted by Gasteiger charge is 2.12. The Morgan fingerprint density at radius 1 is 1.21 bits per heavy atom. The summed E-state index contributed by atoms with van der Waals surface area (Å²) in [6.45, 7) is 3.32. The van der Waals surface area contributed by atoms with Crippen molar-refractivity contribution in [1.82, 2.24) is 9.55 Å². The van der Waals surface area contributed by atoms with Crippen LogP contribution in [0.2, 0.25) is 0 Å². The summed E-state index contributed by atoms with van der Waals surface area (Å²) in [4.78, 5) is 4.39. The lowest BCUT2D eigenvalue weighted by molar-refractivity contribution is 0.401. The van der Waals surface area contributed by atoms with Crippen LogP contribution in [0.4, 0.5) is 0 Å². The molecule has 1 aromatic carbocycles. The summed E-state index contributed by atoms with van der Waals surface area (Å²) in [5.41, 5.74) is 8.34. The van der Waals surface area contributed by atoms with Crippen LogP contribution in [0.5, 0.6) is 11.5 Å². The maximum Gasteiger partial charge on any atom is 0.128 e. The van der Waals surface area contributed by atoms with Gasteiger partial charge < -0.3 is 19.8 Å². The molecule has 0 aliphatic carbocycles. The van der Waals surface area contributed by atoms with Crippen molar-refractivity contribution in [1.29, 1.82) is 0 Å². The zero-order valence-corrected chi connectivity index (χ0v) is 11.5. The zero-order chi connectivity index (χ0) is 13.8. The van der Waals surface area contributed by atoms with Crippen molar-refractivity contribution in [2.45, 2.75) is 13.5 Å². The standard InChI is InChI=1S/C14H19N3O2/c1-10-6-14(19-3)11(7-13(10)18-2)12-8-17(5-4-15)9-16-12/h6-9H,4-5,15H2,1-3H3. The molecule has 0 amide bonds. The number of nitrogens with two attached hydrogens (primary N) is 1. The molecule has 0 bridgehead atoms. The van der Waals surface area contributed by atoms with Crippen LogP contribution in [-0.4, -0.2) is 30.3 Å². The van der Waals surface area contributed by atoms with E-state index in [4.69, 9.17) is 15.2 Å². The first kappa shape index (κ1) is 13.4. The second-order valence-corrected chi connectivity index (χ2v) is 4.31. The number of imidazole rings is 1. The molecule has 2 N–H and O–H groups in total. The van der Waals surface area contributed by atoms with Crippen LogP contribution >= 0.6 is 0 Å². The van der Waals surface area contributed by atoms with E-state index in [1.54, 1.807) is 20.5 Å². The third-order valence-electron chi connectivity index (χ3n) is 3.01. The summed E-state index contributed by atoms with van der Waals surface area (Å²) >= 11 is 0. The molecule has 1 aromatic heterocycles. The van der Waals surface area contributed by atoms with Crippen molar-refractivity contribution in [2.75, 3.05) is 20.8 Å². The van der Waals surface area contributed by atoms with Gasteiger partial charge in [-0.1, -0.05) is 0 Å². The topological polar surface area (TPSA) is 62.3 Å². The van der Waals surface area contributed by atoms with Gasteiger partial charge in [0.1, 0.15) is 11.5 Å². The Balaban J connectivity index is 2.46. The molecule has 0 aliphatic heterocycles. The number of nitrogens with zero attached hydrogens (tertiary/aromatic N) is 2. The van der Waals surface area contributed by atoms with E-state index in [1.165, 1.54) is 0 Å². The van der Waals surface area contributed by atoms with E-state index in [0.717, 1.165) is 34.9 Å². The summed E-state index contributed by atoms with van der Waals surface area (Å²) < 4.78 is 12.7. The van der Waals surface area contributed by atoms with Gasteiger partial charge in [-0.15, -0.1) is 0 Å². The van der Waals surface area contributed by atoms with Gasteiger partial charge >= 0.3 is 0 Å². The molecule has 0 radical (unpaired) electrons. The van der Waals surface area contributed by atoms with Crippen LogP contribution in [0.1, 0.15) is 5.56 Å². The highest BCUT2D eigenvalue weighted by atomic mass is 16.5. The number of benzene rings is 1. The van der Waals surface area contributed by atoms with E-state index < -0.39 is 0 Å². The van der Waals surface area contributed by atoms with Gasteiger partial charge in [0.15, 0.2) is 0 Å². The summed E-state index contributed by atoms with van der Waals surface area (Å²) in [6, 6.07) is 3.90. The number of hydrogen-bond acceptors (Lipinski definition) is 4. The third kappa shape index (κ3) is 2.71. The van der Waals surface area contributed by atoms with Crippen molar-refractivity contribution >= 4 is 0 Å². The molecular weight excluding hydrogens is 242 g/mol. The number of ether oxygens (including phenoxy) is 2. The number of aromatic nitrogens is 2. The van der Waals surface area contributed by atoms with Crippen molar-refractivity contribution in [3.63, 3.8) is 0 Å². The molecule has 0 spiro atoms. The minimum absolute atomic E-state index is 0.587. The number of methoxy groups -OCH3 is 2. The average molecular weight is 261 g/mol. The molecule has 5 heteroatoms. The summed E-state index contributed by atoms with van der Waals surface area (Å²) in [6.07, 6.45) is 3.73. The van der Waals surface area contributed by atoms with Crippen molar-refractivity contribution in [3.8, 4) is 22.8 Å². The van der Waals surface area contributed by atoms with Crippen LogP contribution in [0.3, 0.4) is 0 Å². The van der Waals surface area contributed by atoms with E-state index in [2.05, 4.69) is 4.98 Å². The molecule has 102 valence electrons. The molecule has 0 saturated carbocycles. The van der Waals surface area contributed by atoms with Gasteiger partial charge in [0.2, 0.25) is 0 Å². The largest absolute Gasteiger partial charge is 0.496 e. The Bertz CT molecular complexity index is 564. The fraction of sp³-hybridized carbons (Fsp3) is 0.357. The molecule has 5 nitrogen and oxygen atoms in total. The van der Waals surface area contributed by atoms with Gasteiger partial charge in [-0.3, -0.25) is 0 Å². The van der Waals surface area contributed by atoms with E-state index in [-0.39, 0.29) is 0 Å². The predicted octanol–water partition coefficient (Wildman–Crippen LogP) is 1.83. The second-order valence-electron chi connectivity index (χ2n) is 4.31. The Morgan fingerprint density at radius 2 is 1.95 bits per heavy atom. The van der Waals surface area contributed by atoms with Crippen LogP contribution < -0.4 is 15.2 Å². The Hall–Kier alpha value is -2.01. The zero-order valence-electron chi connectivity index (χ0n) is 11.5. The lowest BCUT2D eigenvalue weighted by Gasteiger charge is -2.11. The summed E-state index contributed by atoms with van der Waals surface area (Å²) in [5, 5.41) is 0. The van der Waals surface area contributed by atoms with E-state index in [0.29, 0.717) is 6.54 Å². The van der Waals surface area contributed by atoms with Crippen molar-refractivity contribution in [2.24, 2.45) is 5.73 Å². The van der Waals surface area contributed by atoms with Gasteiger partial charge in [-0.2, -0.15) is 0 Å². The van der Waals surface area contributed by atoms with Gasteiger partial charge in [0.25, 0.3) is 0 Å². The highest BCUT2D eigenvalue weighted by molar-refractivity contribution is 5.70. The number of aryl methyl sites for hydroxylation is 1. The third-order valence-corrected chi connectivity index (χ3v) is 3.01. The van der Waals surface area contributed by atoms with E-state index >= 15 is 0 Å². The van der Waals surface area contributed by atoms with E-state index in [1.807, 2.05) is 29.8 Å². The SMILES string of the molecule is COc1cc(-c2cn(CCN)cn2)c(OC)cc1C. The minimum atomic E-state index is 0.587. The van der Waals surface area contributed by atoms with Crippen LogP contribution in [0.15, 0.2) is 24.7 Å². The first-order valence-corrected chi connectivity index (χ1v) is 6.14. The fourth-order valence-electron chi connectivity index (χ4n) is 2.02. The second kappa shape index (κ2) is 5.75. The van der Waals surface area contributed by atoms with E-state index in [9.17, 15) is 0 Å². The normalized spacial score (nSPS) is 10.5. The Labute approximate surface area is 113 Å². The smallest absolute Gasteiger partial charge is 0.128 e. The molecule has 0 fully saturated rings. The van der Waals surface area contributed by atoms with Gasteiger partial charge in [0, 0.05) is 24.8 Å². The molecule has 19 heavy (non-hydrogen) atoms. The molecule has 1 heterocycles. The quantitative estimate of drug-likeness (QED) is 0.892. The van der Waals surface area contributed by atoms with Crippen molar-refractivity contribution < 1.29 is 9.47 Å². The Kier molecular flexibility index (Phi) is 4.06. The molecule has 0 saturated heterocycles. The molecule has 0 aliphatic rings. The number of hydrogen-bond donors (Lipinski definition) is 1. The Morgan fingerprint density at radius 3 is 2.58 bits per heavy atom. The maximum atomic E-state index is 5.54. The lowest BCUT2D eigenvalue weighted by Crippen LogP contribution is -2.07. The van der Waals surface area contributed by atoms with Gasteiger partial charge in [-0.05, 0) is 24.6 Å². The van der Waals surface area contributed by atoms with Gasteiger partial charge in [0.05, 0.1) is 26.2 Å². The van der Waals surface area contributed by atoms with Crippen molar-refractivity contribution in [3.05, 3.63) is 30.2 Å². The average Bonchev–Trinajstić information content (AvgIpc) is 2.87. The highest BCUT2D eigenvalue weighted by Crippen LogP contribution is 2.34. The number of rotatable bonds is 5. The molecule has 2 aromatic rings. The fourth-order valence-corrected chi connectivity index (χ4v) is 2.02. The maximum absolute atomic E-state index is 5.54. The molecule has 0 unspecified atom stereocenters. The van der Waals surface area contributed by atoms with Crippen LogP contribution in [0.25, 0.3) is 11.3 Å². The predicted molar refractivity (Wildman–Crippen MR) is 74.6 cm³/mol. The monoisotopic (exact) mass is 261 g/mol.